The van der Waals surface area contributed by atoms with Crippen molar-refractivity contribution in [3.63, 3.8) is 0 Å². The number of benzene rings is 1. The Morgan fingerprint density at radius 1 is 1.20 bits per heavy atom. The molecule has 1 aliphatic rings. The monoisotopic (exact) mass is 347 g/mol. The fourth-order valence-electron chi connectivity index (χ4n) is 3.01. The smallest absolute Gasteiger partial charge is 0.326 e. The summed E-state index contributed by atoms with van der Waals surface area (Å²) in [5.74, 6) is -1.12. The van der Waals surface area contributed by atoms with Gasteiger partial charge < -0.3 is 15.3 Å². The molecule has 0 aliphatic carbocycles. The van der Waals surface area contributed by atoms with Gasteiger partial charge in [-0.15, -0.1) is 0 Å². The Balaban J connectivity index is 1.99. The van der Waals surface area contributed by atoms with Crippen molar-refractivity contribution < 1.29 is 14.7 Å². The molecule has 1 aromatic carbocycles. The number of piperazine rings is 1. The van der Waals surface area contributed by atoms with Crippen molar-refractivity contribution in [2.75, 3.05) is 33.2 Å². The summed E-state index contributed by atoms with van der Waals surface area (Å²) in [6.45, 7) is 8.83. The number of nitrogens with zero attached hydrogens (tertiary/aromatic N) is 2. The topological polar surface area (TPSA) is 72.9 Å². The van der Waals surface area contributed by atoms with Crippen LogP contribution in [0.25, 0.3) is 0 Å². The zero-order chi connectivity index (χ0) is 18.4. The SMILES string of the molecule is CC(C)C[C@@H](NC(=O)c1cccc(CN2CCN(C)CC2)c1)C(=O)O. The lowest BCUT2D eigenvalue weighted by molar-refractivity contribution is -0.139. The van der Waals surface area contributed by atoms with E-state index in [9.17, 15) is 14.7 Å². The molecule has 1 atom stereocenters. The minimum atomic E-state index is -0.990. The van der Waals surface area contributed by atoms with Gasteiger partial charge in [0.2, 0.25) is 0 Å². The molecule has 0 saturated carbocycles. The van der Waals surface area contributed by atoms with E-state index >= 15 is 0 Å². The second-order valence-electron chi connectivity index (χ2n) is 7.27. The van der Waals surface area contributed by atoms with Gasteiger partial charge in [-0.05, 0) is 37.1 Å². The van der Waals surface area contributed by atoms with Gasteiger partial charge in [0.15, 0.2) is 0 Å². The molecule has 0 bridgehead atoms. The highest BCUT2D eigenvalue weighted by Gasteiger charge is 2.22. The summed E-state index contributed by atoms with van der Waals surface area (Å²) in [7, 11) is 2.12. The number of likely N-dealkylation sites (N-methyl/N-ethyl adjacent to an activating group) is 1. The first-order chi connectivity index (χ1) is 11.8. The van der Waals surface area contributed by atoms with Crippen LogP contribution in [0.5, 0.6) is 0 Å². The van der Waals surface area contributed by atoms with Crippen LogP contribution < -0.4 is 5.32 Å². The van der Waals surface area contributed by atoms with E-state index in [4.69, 9.17) is 0 Å². The number of nitrogens with one attached hydrogen (secondary N) is 1. The van der Waals surface area contributed by atoms with Crippen LogP contribution in [0.1, 0.15) is 36.2 Å². The number of hydrogen-bond donors (Lipinski definition) is 2. The average Bonchev–Trinajstić information content (AvgIpc) is 2.56. The molecule has 0 unspecified atom stereocenters. The first-order valence-corrected chi connectivity index (χ1v) is 8.88. The average molecular weight is 347 g/mol. The Kier molecular flexibility index (Phi) is 6.96. The van der Waals surface area contributed by atoms with Crippen LogP contribution in [-0.4, -0.2) is 66.1 Å². The van der Waals surface area contributed by atoms with E-state index in [1.165, 1.54) is 0 Å². The number of aliphatic carboxylic acids is 1. The van der Waals surface area contributed by atoms with Gasteiger partial charge in [-0.2, -0.15) is 0 Å². The van der Waals surface area contributed by atoms with Crippen molar-refractivity contribution in [1.82, 2.24) is 15.1 Å². The predicted octanol–water partition coefficient (Wildman–Crippen LogP) is 1.66. The third-order valence-corrected chi connectivity index (χ3v) is 4.50. The third-order valence-electron chi connectivity index (χ3n) is 4.50. The number of carboxylic acids is 1. The van der Waals surface area contributed by atoms with Crippen LogP contribution in [0.15, 0.2) is 24.3 Å². The number of carbonyl (C=O) groups excluding carboxylic acids is 1. The summed E-state index contributed by atoms with van der Waals surface area (Å²) in [5, 5.41) is 11.9. The molecule has 6 nitrogen and oxygen atoms in total. The summed E-state index contributed by atoms with van der Waals surface area (Å²) in [6.07, 6.45) is 0.419. The maximum absolute atomic E-state index is 12.4. The number of rotatable bonds is 7. The van der Waals surface area contributed by atoms with E-state index in [1.807, 2.05) is 32.0 Å². The summed E-state index contributed by atoms with van der Waals surface area (Å²) in [6, 6.07) is 6.61. The van der Waals surface area contributed by atoms with Gasteiger partial charge in [-0.1, -0.05) is 26.0 Å². The Morgan fingerprint density at radius 3 is 2.48 bits per heavy atom. The minimum Gasteiger partial charge on any atom is -0.480 e. The van der Waals surface area contributed by atoms with E-state index in [0.717, 1.165) is 38.3 Å². The molecule has 2 N–H and O–H groups in total. The summed E-state index contributed by atoms with van der Waals surface area (Å²) in [4.78, 5) is 28.4. The third kappa shape index (κ3) is 6.14. The Bertz CT molecular complexity index is 595. The first-order valence-electron chi connectivity index (χ1n) is 8.88. The molecule has 0 spiro atoms. The summed E-state index contributed by atoms with van der Waals surface area (Å²) in [5.41, 5.74) is 1.59. The number of carbonyl (C=O) groups is 2. The fourth-order valence-corrected chi connectivity index (χ4v) is 3.01. The van der Waals surface area contributed by atoms with Crippen LogP contribution in [0.4, 0.5) is 0 Å². The largest absolute Gasteiger partial charge is 0.480 e. The zero-order valence-corrected chi connectivity index (χ0v) is 15.4. The molecule has 25 heavy (non-hydrogen) atoms. The van der Waals surface area contributed by atoms with E-state index in [1.54, 1.807) is 6.07 Å². The highest BCUT2D eigenvalue weighted by Crippen LogP contribution is 2.12. The molecule has 1 saturated heterocycles. The number of carboxylic acid groups (broad SMARTS) is 1. The molecule has 1 aromatic rings. The summed E-state index contributed by atoms with van der Waals surface area (Å²) >= 11 is 0. The maximum atomic E-state index is 12.4. The molecular weight excluding hydrogens is 318 g/mol. The van der Waals surface area contributed by atoms with Crippen molar-refractivity contribution in [1.29, 1.82) is 0 Å². The highest BCUT2D eigenvalue weighted by molar-refractivity contribution is 5.96. The van der Waals surface area contributed by atoms with Crippen LogP contribution in [0, 0.1) is 5.92 Å². The molecule has 1 amide bonds. The lowest BCUT2D eigenvalue weighted by atomic mass is 10.0. The highest BCUT2D eigenvalue weighted by atomic mass is 16.4. The first kappa shape index (κ1) is 19.4. The minimum absolute atomic E-state index is 0.199. The van der Waals surface area contributed by atoms with Crippen LogP contribution in [0.2, 0.25) is 0 Å². The second kappa shape index (κ2) is 8.97. The van der Waals surface area contributed by atoms with Crippen LogP contribution in [0.3, 0.4) is 0 Å². The molecule has 1 aliphatic heterocycles. The quantitative estimate of drug-likeness (QED) is 0.785. The molecular formula is C19H29N3O3. The fraction of sp³-hybridized carbons (Fsp3) is 0.579. The number of hydrogen-bond acceptors (Lipinski definition) is 4. The number of amides is 1. The van der Waals surface area contributed by atoms with Gasteiger partial charge in [0.25, 0.3) is 5.91 Å². The van der Waals surface area contributed by atoms with Gasteiger partial charge in [-0.25, -0.2) is 4.79 Å². The Morgan fingerprint density at radius 2 is 1.88 bits per heavy atom. The normalized spacial score (nSPS) is 17.4. The van der Waals surface area contributed by atoms with Gasteiger partial charge in [0.1, 0.15) is 6.04 Å². The van der Waals surface area contributed by atoms with Crippen molar-refractivity contribution in [2.24, 2.45) is 5.92 Å². The molecule has 1 heterocycles. The van der Waals surface area contributed by atoms with E-state index in [-0.39, 0.29) is 11.8 Å². The van der Waals surface area contributed by atoms with Gasteiger partial charge >= 0.3 is 5.97 Å². The predicted molar refractivity (Wildman–Crippen MR) is 97.6 cm³/mol. The van der Waals surface area contributed by atoms with Crippen molar-refractivity contribution in [3.05, 3.63) is 35.4 Å². The van der Waals surface area contributed by atoms with E-state index < -0.39 is 12.0 Å². The van der Waals surface area contributed by atoms with Crippen LogP contribution >= 0.6 is 0 Å². The van der Waals surface area contributed by atoms with Crippen molar-refractivity contribution in [3.8, 4) is 0 Å². The second-order valence-corrected chi connectivity index (χ2v) is 7.27. The Labute approximate surface area is 149 Å². The Hall–Kier alpha value is -1.92. The van der Waals surface area contributed by atoms with Gasteiger partial charge in [-0.3, -0.25) is 9.69 Å². The van der Waals surface area contributed by atoms with E-state index in [0.29, 0.717) is 12.0 Å². The molecule has 138 valence electrons. The molecule has 2 rings (SSSR count). The van der Waals surface area contributed by atoms with Gasteiger partial charge in [0, 0.05) is 38.3 Å². The molecule has 1 fully saturated rings. The maximum Gasteiger partial charge on any atom is 0.326 e. The lowest BCUT2D eigenvalue weighted by Gasteiger charge is -2.32. The van der Waals surface area contributed by atoms with Gasteiger partial charge in [0.05, 0.1) is 0 Å². The standard InChI is InChI=1S/C19H29N3O3/c1-14(2)11-17(19(24)25)20-18(23)16-6-4-5-15(12-16)13-22-9-7-21(3)8-10-22/h4-6,12,14,17H,7-11,13H2,1-3H3,(H,20,23)(H,24,25)/t17-/m1/s1. The molecule has 0 radical (unpaired) electrons. The zero-order valence-electron chi connectivity index (χ0n) is 15.4. The van der Waals surface area contributed by atoms with Crippen molar-refractivity contribution in [2.45, 2.75) is 32.9 Å². The molecule has 6 heteroatoms. The lowest BCUT2D eigenvalue weighted by Crippen LogP contribution is -2.44. The molecule has 0 aromatic heterocycles. The summed E-state index contributed by atoms with van der Waals surface area (Å²) < 4.78 is 0. The van der Waals surface area contributed by atoms with E-state index in [2.05, 4.69) is 22.2 Å². The van der Waals surface area contributed by atoms with Crippen LogP contribution in [-0.2, 0) is 11.3 Å². The van der Waals surface area contributed by atoms with Crippen molar-refractivity contribution >= 4 is 11.9 Å².